The molecule has 2 N–H and O–H groups in total. The number of hydrogen-bond donors (Lipinski definition) is 2. The number of amidine groups is 2. The van der Waals surface area contributed by atoms with Crippen LogP contribution in [0.2, 0.25) is 10.0 Å². The van der Waals surface area contributed by atoms with Crippen LogP contribution in [0.15, 0.2) is 46.4 Å². The van der Waals surface area contributed by atoms with Crippen molar-refractivity contribution in [3.8, 4) is 11.5 Å². The highest BCUT2D eigenvalue weighted by Gasteiger charge is 2.53. The zero-order chi connectivity index (χ0) is 28.1. The molecule has 0 fully saturated rings. The van der Waals surface area contributed by atoms with Crippen LogP contribution in [0.25, 0.3) is 0 Å². The third kappa shape index (κ3) is 4.60. The van der Waals surface area contributed by atoms with Crippen LogP contribution >= 0.6 is 23.2 Å². The van der Waals surface area contributed by atoms with Crippen LogP contribution in [-0.4, -0.2) is 88.5 Å². The summed E-state index contributed by atoms with van der Waals surface area (Å²) in [6.07, 6.45) is 0. The van der Waals surface area contributed by atoms with Crippen LogP contribution in [0.3, 0.4) is 0 Å². The average Bonchev–Trinajstić information content (AvgIpc) is 3.63. The lowest BCUT2D eigenvalue weighted by Gasteiger charge is -2.43. The van der Waals surface area contributed by atoms with Crippen molar-refractivity contribution in [2.24, 2.45) is 9.98 Å². The Kier molecular flexibility index (Phi) is 6.54. The average molecular weight is 589 g/mol. The molecule has 0 bridgehead atoms. The van der Waals surface area contributed by atoms with Crippen molar-refractivity contribution in [1.29, 1.82) is 0 Å². The van der Waals surface area contributed by atoms with E-state index in [1.54, 1.807) is 50.5 Å². The second kappa shape index (κ2) is 9.93. The lowest BCUT2D eigenvalue weighted by molar-refractivity contribution is -0.202. The van der Waals surface area contributed by atoms with Gasteiger partial charge in [0, 0.05) is 49.4 Å². The number of benzene rings is 2. The molecule has 210 valence electrons. The van der Waals surface area contributed by atoms with Crippen molar-refractivity contribution < 1.29 is 28.5 Å². The molecule has 0 radical (unpaired) electrons. The Morgan fingerprint density at radius 3 is 1.60 bits per heavy atom. The van der Waals surface area contributed by atoms with Crippen LogP contribution < -0.4 is 29.9 Å². The van der Waals surface area contributed by atoms with Crippen LogP contribution in [0, 0.1) is 0 Å². The van der Waals surface area contributed by atoms with Gasteiger partial charge in [0.25, 0.3) is 0 Å². The molecule has 12 nitrogen and oxygen atoms in total. The molecule has 2 unspecified atom stereocenters. The van der Waals surface area contributed by atoms with E-state index in [4.69, 9.17) is 42.1 Å². The first kappa shape index (κ1) is 26.3. The number of carbonyl (C=O) groups excluding carboxylic acids is 2. The summed E-state index contributed by atoms with van der Waals surface area (Å²) in [5.41, 5.74) is 1.47. The van der Waals surface area contributed by atoms with Crippen LogP contribution in [0.4, 0.5) is 11.4 Å². The highest BCUT2D eigenvalue weighted by Crippen LogP contribution is 2.41. The number of esters is 2. The van der Waals surface area contributed by atoms with E-state index in [2.05, 4.69) is 20.6 Å². The SMILES string of the molecule is CN1CC(OC(=O)C(=O)OC2(C3=NCCN3)CN(C)c3ccc(Cl)cc3O2)(C2=NCCN2)Oc2cc(Cl)ccc21. The van der Waals surface area contributed by atoms with Crippen molar-refractivity contribution in [3.63, 3.8) is 0 Å². The number of nitrogens with zero attached hydrogens (tertiary/aromatic N) is 4. The topological polar surface area (TPSA) is 126 Å². The normalized spacial score (nSPS) is 24.8. The minimum Gasteiger partial charge on any atom is -0.442 e. The number of fused-ring (bicyclic) bond motifs is 2. The zero-order valence-corrected chi connectivity index (χ0v) is 23.2. The molecule has 4 aliphatic heterocycles. The molecular formula is C26H26Cl2N6O6. The summed E-state index contributed by atoms with van der Waals surface area (Å²) in [5, 5.41) is 7.05. The first-order chi connectivity index (χ1) is 19.2. The highest BCUT2D eigenvalue weighted by molar-refractivity contribution is 6.31. The summed E-state index contributed by atoms with van der Waals surface area (Å²) in [7, 11) is 3.61. The molecule has 0 aromatic heterocycles. The fraction of sp³-hybridized carbons (Fsp3) is 0.385. The molecule has 2 aromatic carbocycles. The molecule has 14 heteroatoms. The zero-order valence-electron chi connectivity index (χ0n) is 21.7. The van der Waals surface area contributed by atoms with Gasteiger partial charge in [-0.05, 0) is 24.3 Å². The number of rotatable bonds is 4. The van der Waals surface area contributed by atoms with Gasteiger partial charge in [-0.2, -0.15) is 0 Å². The second-order valence-corrected chi connectivity index (χ2v) is 10.6. The van der Waals surface area contributed by atoms with E-state index in [9.17, 15) is 9.59 Å². The molecule has 40 heavy (non-hydrogen) atoms. The summed E-state index contributed by atoms with van der Waals surface area (Å²) < 4.78 is 24.0. The third-order valence-electron chi connectivity index (χ3n) is 6.86. The Morgan fingerprint density at radius 1 is 0.800 bits per heavy atom. The summed E-state index contributed by atoms with van der Waals surface area (Å²) in [5.74, 6) is -4.80. The summed E-state index contributed by atoms with van der Waals surface area (Å²) >= 11 is 12.4. The van der Waals surface area contributed by atoms with E-state index in [-0.39, 0.29) is 24.8 Å². The van der Waals surface area contributed by atoms with Gasteiger partial charge in [-0.25, -0.2) is 9.59 Å². The molecule has 0 saturated heterocycles. The molecule has 4 heterocycles. The van der Waals surface area contributed by atoms with Crippen molar-refractivity contribution in [2.45, 2.75) is 11.6 Å². The molecule has 0 amide bonds. The number of carbonyl (C=O) groups is 2. The minimum absolute atomic E-state index is 0.0526. The van der Waals surface area contributed by atoms with Gasteiger partial charge in [0.05, 0.1) is 24.5 Å². The number of hydrogen-bond acceptors (Lipinski definition) is 12. The Bertz CT molecular complexity index is 1350. The maximum atomic E-state index is 13.4. The van der Waals surface area contributed by atoms with Crippen molar-refractivity contribution in [2.75, 3.05) is 63.2 Å². The van der Waals surface area contributed by atoms with E-state index < -0.39 is 23.5 Å². The fourth-order valence-corrected chi connectivity index (χ4v) is 5.45. The molecule has 4 aliphatic rings. The van der Waals surface area contributed by atoms with Gasteiger partial charge in [-0.1, -0.05) is 23.2 Å². The van der Waals surface area contributed by atoms with Crippen molar-refractivity contribution in [3.05, 3.63) is 46.4 Å². The van der Waals surface area contributed by atoms with Gasteiger partial charge >= 0.3 is 23.5 Å². The standard InChI is InChI=1S/C26H26Cl2N6O6/c1-33-13-25(23-29-7-8-30-23,37-19-11-15(27)3-5-17(19)33)39-21(35)22(36)40-26(24-31-9-10-32-24)14-34(2)18-6-4-16(28)12-20(18)38-26/h3-6,11-12H,7-10,13-14H2,1-2H3,(H,29,30)(H,31,32). The quantitative estimate of drug-likeness (QED) is 0.403. The van der Waals surface area contributed by atoms with Crippen LogP contribution in [0.5, 0.6) is 11.5 Å². The summed E-state index contributed by atoms with van der Waals surface area (Å²) in [6.45, 7) is 2.04. The maximum absolute atomic E-state index is 13.4. The first-order valence-electron chi connectivity index (χ1n) is 12.6. The van der Waals surface area contributed by atoms with E-state index >= 15 is 0 Å². The van der Waals surface area contributed by atoms with Crippen molar-refractivity contribution >= 4 is 58.2 Å². The lowest BCUT2D eigenvalue weighted by atomic mass is 10.1. The fourth-order valence-electron chi connectivity index (χ4n) is 5.12. The number of halogens is 2. The number of likely N-dealkylation sites (N-methyl/N-ethyl adjacent to an activating group) is 2. The Labute approximate surface area is 239 Å². The lowest BCUT2D eigenvalue weighted by Crippen LogP contribution is -2.63. The number of ether oxygens (including phenoxy) is 4. The van der Waals surface area contributed by atoms with Gasteiger partial charge in [-0.15, -0.1) is 0 Å². The van der Waals surface area contributed by atoms with E-state index in [0.717, 1.165) is 11.4 Å². The molecule has 2 aromatic rings. The largest absolute Gasteiger partial charge is 0.442 e. The van der Waals surface area contributed by atoms with Gasteiger partial charge in [0.1, 0.15) is 24.6 Å². The van der Waals surface area contributed by atoms with E-state index in [1.807, 2.05) is 9.80 Å². The first-order valence-corrected chi connectivity index (χ1v) is 13.4. The molecule has 0 saturated carbocycles. The monoisotopic (exact) mass is 588 g/mol. The number of nitrogens with one attached hydrogen (secondary N) is 2. The minimum atomic E-state index is -1.75. The number of aliphatic imine (C=N–C) groups is 2. The van der Waals surface area contributed by atoms with Crippen LogP contribution in [0.1, 0.15) is 0 Å². The molecular weight excluding hydrogens is 563 g/mol. The predicted molar refractivity (Wildman–Crippen MR) is 149 cm³/mol. The summed E-state index contributed by atoms with van der Waals surface area (Å²) in [4.78, 5) is 39.3. The Morgan fingerprint density at radius 2 is 1.23 bits per heavy atom. The van der Waals surface area contributed by atoms with Gasteiger partial charge < -0.3 is 39.4 Å². The summed E-state index contributed by atoms with van der Waals surface area (Å²) in [6, 6.07) is 10.3. The van der Waals surface area contributed by atoms with Crippen LogP contribution in [-0.2, 0) is 19.1 Å². The smallest absolute Gasteiger partial charge is 0.421 e. The third-order valence-corrected chi connectivity index (χ3v) is 7.33. The van der Waals surface area contributed by atoms with Gasteiger partial charge in [0.2, 0.25) is 0 Å². The molecule has 0 spiro atoms. The molecule has 6 rings (SSSR count). The van der Waals surface area contributed by atoms with E-state index in [0.29, 0.717) is 47.7 Å². The highest BCUT2D eigenvalue weighted by atomic mass is 35.5. The molecule has 0 aliphatic carbocycles. The molecule has 2 atom stereocenters. The van der Waals surface area contributed by atoms with Crippen molar-refractivity contribution in [1.82, 2.24) is 10.6 Å². The second-order valence-electron chi connectivity index (χ2n) is 9.74. The number of anilines is 2. The van der Waals surface area contributed by atoms with Gasteiger partial charge in [0.15, 0.2) is 11.7 Å². The van der Waals surface area contributed by atoms with Gasteiger partial charge in [-0.3, -0.25) is 9.98 Å². The predicted octanol–water partition coefficient (Wildman–Crippen LogP) is 1.83. The maximum Gasteiger partial charge on any atom is 0.421 e. The Hall–Kier alpha value is -3.90. The Balaban J connectivity index is 1.30. The van der Waals surface area contributed by atoms with E-state index in [1.165, 1.54) is 0 Å².